The van der Waals surface area contributed by atoms with E-state index in [0.29, 0.717) is 19.5 Å². The van der Waals surface area contributed by atoms with Crippen molar-refractivity contribution in [3.63, 3.8) is 0 Å². The lowest BCUT2D eigenvalue weighted by Crippen LogP contribution is -2.56. The van der Waals surface area contributed by atoms with Crippen LogP contribution in [0.1, 0.15) is 45.1 Å². The van der Waals surface area contributed by atoms with E-state index in [4.69, 9.17) is 0 Å². The molecule has 1 aromatic rings. The molecule has 0 aromatic carbocycles. The first-order chi connectivity index (χ1) is 13.8. The van der Waals surface area contributed by atoms with Gasteiger partial charge in [0.1, 0.15) is 5.54 Å². The summed E-state index contributed by atoms with van der Waals surface area (Å²) in [5.41, 5.74) is 1.40. The van der Waals surface area contributed by atoms with Gasteiger partial charge in [-0.1, -0.05) is 6.92 Å². The zero-order valence-corrected chi connectivity index (χ0v) is 17.5. The number of nitrogens with one attached hydrogen (secondary N) is 1. The van der Waals surface area contributed by atoms with Crippen LogP contribution >= 0.6 is 0 Å². The van der Waals surface area contributed by atoms with Crippen molar-refractivity contribution in [3.8, 4) is 0 Å². The number of Topliss-reactive ketones (excluding diaryl/α,β-unsaturated/α-hetero) is 1. The number of ketones is 1. The Kier molecular flexibility index (Phi) is 5.09. The number of piperazine rings is 1. The Morgan fingerprint density at radius 2 is 2.07 bits per heavy atom. The topological polar surface area (TPSA) is 82.6 Å². The van der Waals surface area contributed by atoms with E-state index in [1.54, 1.807) is 0 Å². The molecule has 3 atom stereocenters. The molecule has 1 aliphatic carbocycles. The lowest BCUT2D eigenvalue weighted by Gasteiger charge is -2.42. The number of hydrogen-bond acceptors (Lipinski definition) is 5. The van der Waals surface area contributed by atoms with E-state index in [2.05, 4.69) is 28.2 Å². The van der Waals surface area contributed by atoms with Crippen molar-refractivity contribution in [1.29, 1.82) is 0 Å². The molecule has 0 radical (unpaired) electrons. The maximum absolute atomic E-state index is 13.2. The van der Waals surface area contributed by atoms with Gasteiger partial charge in [-0.05, 0) is 50.7 Å². The lowest BCUT2D eigenvalue weighted by atomic mass is 9.81. The highest BCUT2D eigenvalue weighted by Gasteiger charge is 2.56. The van der Waals surface area contributed by atoms with E-state index in [0.717, 1.165) is 30.6 Å². The van der Waals surface area contributed by atoms with Crippen LogP contribution in [0.4, 0.5) is 5.69 Å². The zero-order chi connectivity index (χ0) is 20.8. The quantitative estimate of drug-likeness (QED) is 0.764. The normalized spacial score (nSPS) is 28.4. The van der Waals surface area contributed by atoms with Gasteiger partial charge in [0, 0.05) is 37.8 Å². The number of rotatable bonds is 5. The Bertz CT molecular complexity index is 837. The fourth-order valence-electron chi connectivity index (χ4n) is 5.02. The van der Waals surface area contributed by atoms with E-state index in [-0.39, 0.29) is 41.9 Å². The number of carbonyl (C=O) groups excluding carboxylic acids is 3. The molecule has 3 aliphatic rings. The first kappa shape index (κ1) is 19.9. The van der Waals surface area contributed by atoms with Gasteiger partial charge in [0.2, 0.25) is 11.8 Å². The van der Waals surface area contributed by atoms with Crippen molar-refractivity contribution in [2.75, 3.05) is 24.5 Å². The van der Waals surface area contributed by atoms with Crippen LogP contribution in [-0.2, 0) is 14.4 Å². The highest BCUT2D eigenvalue weighted by Crippen LogP contribution is 2.46. The highest BCUT2D eigenvalue weighted by atomic mass is 16.2. The molecule has 7 nitrogen and oxygen atoms in total. The van der Waals surface area contributed by atoms with E-state index >= 15 is 0 Å². The zero-order valence-electron chi connectivity index (χ0n) is 17.5. The standard InChI is InChI=1S/C22H30N4O3/c1-14-8-18(12-23-11-14)26-7-6-25(13-16(26)3)21(29)15(2)10-22(17-4-5-17)19(27)9-20(28)24-22/h8,11-12,15-17H,4-7,9-10,13H2,1-3H3,(H,24,28)/t15?,16-,22?/m0/s1. The van der Waals surface area contributed by atoms with E-state index in [9.17, 15) is 14.4 Å². The fraction of sp³-hybridized carbons (Fsp3) is 0.636. The van der Waals surface area contributed by atoms with Crippen molar-refractivity contribution < 1.29 is 14.4 Å². The van der Waals surface area contributed by atoms with E-state index in [1.165, 1.54) is 0 Å². The highest BCUT2D eigenvalue weighted by molar-refractivity contribution is 6.10. The van der Waals surface area contributed by atoms with Crippen LogP contribution in [0.25, 0.3) is 0 Å². The largest absolute Gasteiger partial charge is 0.364 e. The summed E-state index contributed by atoms with van der Waals surface area (Å²) < 4.78 is 0. The molecule has 2 amide bonds. The number of pyridine rings is 1. The van der Waals surface area contributed by atoms with Crippen LogP contribution in [0.15, 0.2) is 18.5 Å². The minimum absolute atomic E-state index is 0.0326. The minimum Gasteiger partial charge on any atom is -0.364 e. The Labute approximate surface area is 171 Å². The molecule has 3 fully saturated rings. The third kappa shape index (κ3) is 3.74. The molecule has 0 spiro atoms. The molecule has 2 unspecified atom stereocenters. The Balaban J connectivity index is 1.41. The fourth-order valence-corrected chi connectivity index (χ4v) is 5.02. The average molecular weight is 399 g/mol. The molecule has 1 N–H and O–H groups in total. The summed E-state index contributed by atoms with van der Waals surface area (Å²) >= 11 is 0. The molecular formula is C22H30N4O3. The number of amides is 2. The van der Waals surface area contributed by atoms with Crippen LogP contribution in [-0.4, -0.2) is 58.7 Å². The summed E-state index contributed by atoms with van der Waals surface area (Å²) in [7, 11) is 0. The first-order valence-corrected chi connectivity index (χ1v) is 10.6. The van der Waals surface area contributed by atoms with Gasteiger partial charge in [0.05, 0.1) is 18.3 Å². The van der Waals surface area contributed by atoms with Crippen LogP contribution in [0.5, 0.6) is 0 Å². The second-order valence-corrected chi connectivity index (χ2v) is 9.05. The molecule has 29 heavy (non-hydrogen) atoms. The van der Waals surface area contributed by atoms with Gasteiger partial charge in [-0.2, -0.15) is 0 Å². The van der Waals surface area contributed by atoms with Gasteiger partial charge in [0.15, 0.2) is 5.78 Å². The number of aryl methyl sites for hydroxylation is 1. The van der Waals surface area contributed by atoms with Crippen molar-refractivity contribution in [2.24, 2.45) is 11.8 Å². The molecule has 7 heteroatoms. The third-order valence-corrected chi connectivity index (χ3v) is 6.64. The molecule has 1 saturated carbocycles. The van der Waals surface area contributed by atoms with Crippen molar-refractivity contribution >= 4 is 23.3 Å². The SMILES string of the molecule is Cc1cncc(N2CCN(C(=O)C(C)CC3(C4CC4)NC(=O)CC3=O)C[C@@H]2C)c1. The van der Waals surface area contributed by atoms with E-state index in [1.807, 2.05) is 31.1 Å². The smallest absolute Gasteiger partial charge is 0.228 e. The van der Waals surface area contributed by atoms with Gasteiger partial charge in [-0.15, -0.1) is 0 Å². The molecule has 0 bridgehead atoms. The lowest BCUT2D eigenvalue weighted by molar-refractivity contribution is -0.137. The van der Waals surface area contributed by atoms with Crippen LogP contribution in [0.2, 0.25) is 0 Å². The van der Waals surface area contributed by atoms with Gasteiger partial charge in [0.25, 0.3) is 0 Å². The van der Waals surface area contributed by atoms with Crippen LogP contribution in [0, 0.1) is 18.8 Å². The summed E-state index contributed by atoms with van der Waals surface area (Å²) in [6.07, 6.45) is 5.99. The van der Waals surface area contributed by atoms with Gasteiger partial charge in [-0.25, -0.2) is 0 Å². The van der Waals surface area contributed by atoms with Crippen molar-refractivity contribution in [3.05, 3.63) is 24.0 Å². The van der Waals surface area contributed by atoms with Gasteiger partial charge < -0.3 is 15.1 Å². The molecular weight excluding hydrogens is 368 g/mol. The summed E-state index contributed by atoms with van der Waals surface area (Å²) in [4.78, 5) is 46.1. The minimum atomic E-state index is -0.813. The summed E-state index contributed by atoms with van der Waals surface area (Å²) in [5.74, 6) is -0.253. The Morgan fingerprint density at radius 1 is 1.31 bits per heavy atom. The summed E-state index contributed by atoms with van der Waals surface area (Å²) in [6, 6.07) is 2.31. The van der Waals surface area contributed by atoms with Gasteiger partial charge >= 0.3 is 0 Å². The maximum atomic E-state index is 13.2. The van der Waals surface area contributed by atoms with Crippen molar-refractivity contribution in [1.82, 2.24) is 15.2 Å². The molecule has 1 aromatic heterocycles. The number of hydrogen-bond donors (Lipinski definition) is 1. The maximum Gasteiger partial charge on any atom is 0.228 e. The Hall–Kier alpha value is -2.44. The second kappa shape index (κ2) is 7.43. The van der Waals surface area contributed by atoms with Crippen LogP contribution < -0.4 is 10.2 Å². The predicted octanol–water partition coefficient (Wildman–Crippen LogP) is 1.69. The molecule has 2 saturated heterocycles. The van der Waals surface area contributed by atoms with Crippen LogP contribution in [0.3, 0.4) is 0 Å². The first-order valence-electron chi connectivity index (χ1n) is 10.6. The van der Waals surface area contributed by atoms with Gasteiger partial charge in [-0.3, -0.25) is 19.4 Å². The molecule has 3 heterocycles. The molecule has 2 aliphatic heterocycles. The summed E-state index contributed by atoms with van der Waals surface area (Å²) in [6.45, 7) is 8.10. The monoisotopic (exact) mass is 398 g/mol. The average Bonchev–Trinajstić information content (AvgIpc) is 3.48. The predicted molar refractivity (Wildman–Crippen MR) is 109 cm³/mol. The third-order valence-electron chi connectivity index (χ3n) is 6.64. The molecule has 156 valence electrons. The van der Waals surface area contributed by atoms with E-state index < -0.39 is 5.54 Å². The second-order valence-electron chi connectivity index (χ2n) is 9.05. The van der Waals surface area contributed by atoms with Crippen molar-refractivity contribution in [2.45, 2.75) is 58.0 Å². The molecule has 4 rings (SSSR count). The number of anilines is 1. The summed E-state index contributed by atoms with van der Waals surface area (Å²) in [5, 5.41) is 2.94. The number of carbonyl (C=O) groups is 3. The number of nitrogens with zero attached hydrogens (tertiary/aromatic N) is 3. The number of aromatic nitrogens is 1. The Morgan fingerprint density at radius 3 is 2.66 bits per heavy atom.